The maximum Gasteiger partial charge on any atom is 0.573 e. The molecule has 0 unspecified atom stereocenters. The Bertz CT molecular complexity index is 465. The molecule has 18 heavy (non-hydrogen) atoms. The quantitative estimate of drug-likeness (QED) is 0.495. The number of methoxy groups -OCH3 is 1. The molecule has 0 amide bonds. The number of hydrogen-bond acceptors (Lipinski definition) is 5. The maximum absolute atomic E-state index is 12.3. The van der Waals surface area contributed by atoms with E-state index in [0.717, 1.165) is 13.3 Å². The minimum absolute atomic E-state index is 0.0341. The van der Waals surface area contributed by atoms with Crippen molar-refractivity contribution in [2.45, 2.75) is 12.9 Å². The lowest BCUT2D eigenvalue weighted by Gasteiger charge is -2.15. The molecule has 0 saturated heterocycles. The van der Waals surface area contributed by atoms with Gasteiger partial charge in [0, 0.05) is 18.3 Å². The first kappa shape index (κ1) is 15.0. The van der Waals surface area contributed by atoms with Crippen LogP contribution in [0.4, 0.5) is 13.2 Å². The Balaban J connectivity index is 3.41. The van der Waals surface area contributed by atoms with Gasteiger partial charge in [-0.2, -0.15) is 0 Å². The van der Waals surface area contributed by atoms with Crippen LogP contribution in [0.2, 0.25) is 0 Å². The molecule has 0 fully saturated rings. The number of pyridine rings is 1. The summed E-state index contributed by atoms with van der Waals surface area (Å²) < 4.78 is 45.2. The van der Waals surface area contributed by atoms with Gasteiger partial charge in [-0.15, -0.1) is 13.2 Å². The van der Waals surface area contributed by atoms with Crippen molar-refractivity contribution in [3.63, 3.8) is 0 Å². The molecule has 0 aliphatic carbocycles. The molecule has 0 bridgehead atoms. The Morgan fingerprint density at radius 2 is 2.17 bits per heavy atom. The van der Waals surface area contributed by atoms with Gasteiger partial charge in [0.1, 0.15) is 9.26 Å². The number of alkyl halides is 3. The van der Waals surface area contributed by atoms with Gasteiger partial charge >= 0.3 is 12.3 Å². The highest BCUT2D eigenvalue weighted by Gasteiger charge is 2.35. The van der Waals surface area contributed by atoms with E-state index >= 15 is 0 Å². The molecule has 0 aromatic carbocycles. The zero-order valence-corrected chi connectivity index (χ0v) is 11.2. The summed E-state index contributed by atoms with van der Waals surface area (Å²) in [4.78, 5) is 15.2. The van der Waals surface area contributed by atoms with Gasteiger partial charge in [0.15, 0.2) is 5.75 Å². The summed E-state index contributed by atoms with van der Waals surface area (Å²) in [6, 6.07) is 0. The van der Waals surface area contributed by atoms with Gasteiger partial charge in [0.25, 0.3) is 0 Å². The zero-order chi connectivity index (χ0) is 13.9. The molecular weight excluding hydrogens is 368 g/mol. The topological polar surface area (TPSA) is 74.4 Å². The van der Waals surface area contributed by atoms with Crippen molar-refractivity contribution in [1.82, 2.24) is 4.98 Å². The highest BCUT2D eigenvalue weighted by molar-refractivity contribution is 14.1. The fraction of sp³-hybridized carbons (Fsp3) is 0.333. The minimum atomic E-state index is -4.93. The molecule has 0 aliphatic rings. The van der Waals surface area contributed by atoms with E-state index in [2.05, 4.69) is 14.5 Å². The van der Waals surface area contributed by atoms with Gasteiger partial charge < -0.3 is 15.2 Å². The van der Waals surface area contributed by atoms with E-state index in [9.17, 15) is 18.0 Å². The molecule has 0 atom stereocenters. The molecule has 1 heterocycles. The van der Waals surface area contributed by atoms with Crippen LogP contribution in [0.1, 0.15) is 15.9 Å². The van der Waals surface area contributed by atoms with Crippen molar-refractivity contribution < 1.29 is 27.4 Å². The average Bonchev–Trinajstić information content (AvgIpc) is 2.27. The van der Waals surface area contributed by atoms with Crippen LogP contribution in [-0.2, 0) is 11.3 Å². The van der Waals surface area contributed by atoms with E-state index in [0.29, 0.717) is 0 Å². The molecule has 9 heteroatoms. The minimum Gasteiger partial charge on any atom is -0.465 e. The van der Waals surface area contributed by atoms with Crippen molar-refractivity contribution >= 4 is 28.6 Å². The summed E-state index contributed by atoms with van der Waals surface area (Å²) in [5, 5.41) is 0. The monoisotopic (exact) mass is 376 g/mol. The van der Waals surface area contributed by atoms with Crippen molar-refractivity contribution in [2.24, 2.45) is 5.73 Å². The average molecular weight is 376 g/mol. The smallest absolute Gasteiger partial charge is 0.465 e. The van der Waals surface area contributed by atoms with E-state index in [1.165, 1.54) is 0 Å². The lowest BCUT2D eigenvalue weighted by molar-refractivity contribution is -0.275. The second-order valence-corrected chi connectivity index (χ2v) is 4.04. The number of carbonyl (C=O) groups is 1. The summed E-state index contributed by atoms with van der Waals surface area (Å²) in [5.41, 5.74) is 4.86. The molecule has 1 aromatic heterocycles. The van der Waals surface area contributed by atoms with Gasteiger partial charge in [-0.05, 0) is 22.6 Å². The van der Waals surface area contributed by atoms with Gasteiger partial charge in [-0.1, -0.05) is 0 Å². The van der Waals surface area contributed by atoms with Crippen molar-refractivity contribution in [3.8, 4) is 5.75 Å². The molecule has 0 radical (unpaired) electrons. The van der Waals surface area contributed by atoms with Crippen LogP contribution in [0.3, 0.4) is 0 Å². The van der Waals surface area contributed by atoms with E-state index in [1.54, 1.807) is 22.6 Å². The first-order valence-corrected chi connectivity index (χ1v) is 5.59. The van der Waals surface area contributed by atoms with Crippen LogP contribution in [0.5, 0.6) is 5.75 Å². The SMILES string of the molecule is COC(=O)c1c(I)ncc(CN)c1OC(F)(F)F. The first-order chi connectivity index (χ1) is 8.30. The normalized spacial score (nSPS) is 11.2. The molecule has 5 nitrogen and oxygen atoms in total. The number of aromatic nitrogens is 1. The van der Waals surface area contributed by atoms with E-state index in [1.807, 2.05) is 0 Å². The summed E-state index contributed by atoms with van der Waals surface area (Å²) in [7, 11) is 1.05. The molecule has 0 spiro atoms. The number of ether oxygens (including phenoxy) is 2. The maximum atomic E-state index is 12.3. The Morgan fingerprint density at radius 1 is 1.56 bits per heavy atom. The summed E-state index contributed by atoms with van der Waals surface area (Å²) in [6.45, 7) is -0.251. The van der Waals surface area contributed by atoms with Crippen LogP contribution in [0.25, 0.3) is 0 Å². The van der Waals surface area contributed by atoms with Crippen LogP contribution >= 0.6 is 22.6 Å². The van der Waals surface area contributed by atoms with E-state index in [-0.39, 0.29) is 15.8 Å². The fourth-order valence-corrected chi connectivity index (χ4v) is 1.77. The van der Waals surface area contributed by atoms with Gasteiger partial charge in [-0.3, -0.25) is 0 Å². The Morgan fingerprint density at radius 3 is 2.61 bits per heavy atom. The highest BCUT2D eigenvalue weighted by Crippen LogP contribution is 2.32. The summed E-state index contributed by atoms with van der Waals surface area (Å²) in [5.74, 6) is -1.64. The predicted octanol–water partition coefficient (Wildman–Crippen LogP) is 1.83. The van der Waals surface area contributed by atoms with E-state index in [4.69, 9.17) is 5.73 Å². The number of rotatable bonds is 3. The summed E-state index contributed by atoms with van der Waals surface area (Å²) >= 11 is 1.61. The molecule has 1 aromatic rings. The Hall–Kier alpha value is -1.10. The molecule has 1 rings (SSSR count). The van der Waals surface area contributed by atoms with Crippen molar-refractivity contribution in [1.29, 1.82) is 0 Å². The number of halogens is 4. The fourth-order valence-electron chi connectivity index (χ4n) is 1.17. The summed E-state index contributed by atoms with van der Waals surface area (Å²) in [6.07, 6.45) is -3.81. The Kier molecular flexibility index (Phi) is 4.73. The third kappa shape index (κ3) is 3.45. The third-order valence-corrected chi connectivity index (χ3v) is 2.70. The van der Waals surface area contributed by atoms with Gasteiger partial charge in [-0.25, -0.2) is 9.78 Å². The predicted molar refractivity (Wildman–Crippen MR) is 62.9 cm³/mol. The first-order valence-electron chi connectivity index (χ1n) is 4.51. The number of hydrogen-bond donors (Lipinski definition) is 1. The number of carbonyl (C=O) groups excluding carboxylic acids is 1. The number of nitrogens with zero attached hydrogens (tertiary/aromatic N) is 1. The van der Waals surface area contributed by atoms with Gasteiger partial charge in [0.05, 0.1) is 7.11 Å². The highest BCUT2D eigenvalue weighted by atomic mass is 127. The van der Waals surface area contributed by atoms with Crippen molar-refractivity contribution in [2.75, 3.05) is 7.11 Å². The van der Waals surface area contributed by atoms with E-state index < -0.39 is 23.6 Å². The molecular formula is C9H8F3IN2O3. The third-order valence-electron chi connectivity index (χ3n) is 1.89. The van der Waals surface area contributed by atoms with Crippen LogP contribution < -0.4 is 10.5 Å². The molecule has 0 aliphatic heterocycles. The lowest BCUT2D eigenvalue weighted by atomic mass is 10.1. The van der Waals surface area contributed by atoms with Crippen molar-refractivity contribution in [3.05, 3.63) is 21.0 Å². The molecule has 0 saturated carbocycles. The Labute approximate surface area is 114 Å². The standard InChI is InChI=1S/C9H8F3IN2O3/c1-17-8(16)5-6(18-9(10,11)12)4(2-14)3-15-7(5)13/h3H,2,14H2,1H3. The zero-order valence-electron chi connectivity index (χ0n) is 9.05. The lowest BCUT2D eigenvalue weighted by Crippen LogP contribution is -2.22. The second kappa shape index (κ2) is 5.69. The van der Waals surface area contributed by atoms with Gasteiger partial charge in [0.2, 0.25) is 0 Å². The largest absolute Gasteiger partial charge is 0.573 e. The van der Waals surface area contributed by atoms with Crippen LogP contribution in [-0.4, -0.2) is 24.4 Å². The molecule has 2 N–H and O–H groups in total. The van der Waals surface area contributed by atoms with Crippen LogP contribution in [0, 0.1) is 3.70 Å². The molecule has 100 valence electrons. The number of nitrogens with two attached hydrogens (primary N) is 1. The number of esters is 1. The second-order valence-electron chi connectivity index (χ2n) is 3.02. The van der Waals surface area contributed by atoms with Crippen LogP contribution in [0.15, 0.2) is 6.20 Å².